The van der Waals surface area contributed by atoms with E-state index < -0.39 is 0 Å². The summed E-state index contributed by atoms with van der Waals surface area (Å²) in [5.41, 5.74) is 4.60. The lowest BCUT2D eigenvalue weighted by Crippen LogP contribution is -1.76. The van der Waals surface area contributed by atoms with Crippen LogP contribution in [-0.2, 0) is 0 Å². The number of rotatable bonds is 5. The van der Waals surface area contributed by atoms with Crippen molar-refractivity contribution in [3.8, 4) is 34.4 Å². The second kappa shape index (κ2) is 8.48. The van der Waals surface area contributed by atoms with E-state index in [0.717, 1.165) is 32.0 Å². The van der Waals surface area contributed by atoms with Gasteiger partial charge in [0.2, 0.25) is 11.8 Å². The van der Waals surface area contributed by atoms with Crippen LogP contribution in [0.5, 0.6) is 11.5 Å². The normalized spacial score (nSPS) is 11.4. The van der Waals surface area contributed by atoms with Crippen LogP contribution in [0, 0.1) is 0 Å². The molecule has 2 heterocycles. The maximum atomic E-state index is 9.48. The third kappa shape index (κ3) is 4.09. The number of hydrogen-bond donors (Lipinski definition) is 2. The number of phenols is 2. The van der Waals surface area contributed by atoms with Crippen molar-refractivity contribution in [3.05, 3.63) is 84.9 Å². The molecule has 0 unspecified atom stereocenters. The number of aromatic nitrogens is 2. The highest BCUT2D eigenvalue weighted by Gasteiger charge is 2.12. The van der Waals surface area contributed by atoms with Crippen LogP contribution in [-0.4, -0.2) is 20.2 Å². The molecular weight excluding hydrogens is 468 g/mol. The van der Waals surface area contributed by atoms with Gasteiger partial charge in [0.25, 0.3) is 0 Å². The average Bonchev–Trinajstić information content (AvgIpc) is 3.47. The number of phenolic OH excluding ortho intramolecular Hbond substituents is 2. The molecule has 0 radical (unpaired) electrons. The van der Waals surface area contributed by atoms with E-state index in [1.54, 1.807) is 70.1 Å². The SMILES string of the molecule is Oc1ccc(-c2nc3cc(SSc4ccc5oc(-c6ccc(O)cc6)nc5c4)ccc3o2)cc1. The summed E-state index contributed by atoms with van der Waals surface area (Å²) in [5.74, 6) is 1.45. The lowest BCUT2D eigenvalue weighted by molar-refractivity contribution is 0.474. The summed E-state index contributed by atoms with van der Waals surface area (Å²) in [5, 5.41) is 19.0. The van der Waals surface area contributed by atoms with Gasteiger partial charge in [-0.25, -0.2) is 9.97 Å². The summed E-state index contributed by atoms with van der Waals surface area (Å²) < 4.78 is 11.7. The molecule has 0 bridgehead atoms. The predicted octanol–water partition coefficient (Wildman–Crippen LogP) is 7.51. The third-order valence-corrected chi connectivity index (χ3v) is 7.56. The summed E-state index contributed by atoms with van der Waals surface area (Å²) >= 11 is 0. The number of benzene rings is 4. The van der Waals surface area contributed by atoms with Gasteiger partial charge in [0.15, 0.2) is 11.2 Å². The van der Waals surface area contributed by atoms with Crippen LogP contribution in [0.3, 0.4) is 0 Å². The van der Waals surface area contributed by atoms with Gasteiger partial charge >= 0.3 is 0 Å². The van der Waals surface area contributed by atoms with Gasteiger partial charge in [0, 0.05) is 20.9 Å². The quantitative estimate of drug-likeness (QED) is 0.243. The van der Waals surface area contributed by atoms with Crippen LogP contribution in [0.25, 0.3) is 45.1 Å². The lowest BCUT2D eigenvalue weighted by Gasteiger charge is -2.00. The Balaban J connectivity index is 1.20. The second-order valence-electron chi connectivity index (χ2n) is 7.56. The minimum absolute atomic E-state index is 0.205. The van der Waals surface area contributed by atoms with Crippen molar-refractivity contribution in [1.82, 2.24) is 9.97 Å². The van der Waals surface area contributed by atoms with E-state index >= 15 is 0 Å². The van der Waals surface area contributed by atoms with Crippen LogP contribution in [0.2, 0.25) is 0 Å². The van der Waals surface area contributed by atoms with Crippen molar-refractivity contribution >= 4 is 43.8 Å². The Kier molecular flexibility index (Phi) is 5.16. The molecule has 0 aliphatic rings. The Morgan fingerprint density at radius 3 is 1.35 bits per heavy atom. The van der Waals surface area contributed by atoms with Crippen molar-refractivity contribution < 1.29 is 19.0 Å². The maximum Gasteiger partial charge on any atom is 0.227 e. The van der Waals surface area contributed by atoms with E-state index in [4.69, 9.17) is 8.83 Å². The fourth-order valence-corrected chi connectivity index (χ4v) is 5.43. The van der Waals surface area contributed by atoms with E-state index in [9.17, 15) is 10.2 Å². The molecule has 0 amide bonds. The monoisotopic (exact) mass is 484 g/mol. The minimum Gasteiger partial charge on any atom is -0.508 e. The van der Waals surface area contributed by atoms with Gasteiger partial charge in [-0.05, 0) is 84.9 Å². The first-order valence-electron chi connectivity index (χ1n) is 10.4. The largest absolute Gasteiger partial charge is 0.508 e. The number of hydrogen-bond acceptors (Lipinski definition) is 8. The molecule has 4 aromatic carbocycles. The Morgan fingerprint density at radius 2 is 0.941 bits per heavy atom. The standard InChI is InChI=1S/C26H16N2O4S2/c29-17-5-1-15(2-6-17)25-27-21-13-19(9-11-23(21)31-25)33-34-20-10-12-24-22(14-20)28-26(32-24)16-3-7-18(30)8-4-16/h1-14,29-30H. The van der Waals surface area contributed by atoms with Gasteiger partial charge in [-0.2, -0.15) is 0 Å². The second-order valence-corrected chi connectivity index (χ2v) is 9.83. The number of aromatic hydroxyl groups is 2. The molecule has 6 rings (SSSR count). The molecule has 2 aromatic heterocycles. The van der Waals surface area contributed by atoms with E-state index in [2.05, 4.69) is 9.97 Å². The first-order chi connectivity index (χ1) is 16.6. The molecule has 6 aromatic rings. The van der Waals surface area contributed by atoms with E-state index in [-0.39, 0.29) is 11.5 Å². The van der Waals surface area contributed by atoms with Crippen molar-refractivity contribution in [2.45, 2.75) is 9.79 Å². The smallest absolute Gasteiger partial charge is 0.227 e. The van der Waals surface area contributed by atoms with Crippen LogP contribution in [0.15, 0.2) is 104 Å². The van der Waals surface area contributed by atoms with Crippen LogP contribution in [0.4, 0.5) is 0 Å². The van der Waals surface area contributed by atoms with Gasteiger partial charge in [-0.3, -0.25) is 0 Å². The van der Waals surface area contributed by atoms with Crippen molar-refractivity contribution in [2.75, 3.05) is 0 Å². The van der Waals surface area contributed by atoms with Crippen LogP contribution < -0.4 is 0 Å². The van der Waals surface area contributed by atoms with Gasteiger partial charge in [-0.1, -0.05) is 21.6 Å². The Labute approximate surface area is 201 Å². The number of oxazole rings is 2. The Morgan fingerprint density at radius 1 is 0.529 bits per heavy atom. The molecule has 8 heteroatoms. The van der Waals surface area contributed by atoms with Crippen molar-refractivity contribution in [1.29, 1.82) is 0 Å². The predicted molar refractivity (Wildman–Crippen MR) is 134 cm³/mol. The molecule has 0 spiro atoms. The zero-order chi connectivity index (χ0) is 23.1. The topological polar surface area (TPSA) is 92.5 Å². The molecule has 0 aliphatic heterocycles. The zero-order valence-electron chi connectivity index (χ0n) is 17.5. The molecule has 2 N–H and O–H groups in total. The van der Waals surface area contributed by atoms with Gasteiger partial charge in [-0.15, -0.1) is 0 Å². The minimum atomic E-state index is 0.205. The first-order valence-corrected chi connectivity index (χ1v) is 12.5. The highest BCUT2D eigenvalue weighted by atomic mass is 33.1. The van der Waals surface area contributed by atoms with E-state index in [1.165, 1.54) is 0 Å². The summed E-state index contributed by atoms with van der Waals surface area (Å²) in [6.07, 6.45) is 0. The number of nitrogens with zero attached hydrogens (tertiary/aromatic N) is 2. The molecular formula is C26H16N2O4S2. The number of fused-ring (bicyclic) bond motifs is 2. The zero-order valence-corrected chi connectivity index (χ0v) is 19.1. The Hall–Kier alpha value is -3.88. The molecule has 0 saturated carbocycles. The molecule has 0 aliphatic carbocycles. The average molecular weight is 485 g/mol. The maximum absolute atomic E-state index is 9.48. The molecule has 0 fully saturated rings. The van der Waals surface area contributed by atoms with Crippen LogP contribution in [0.1, 0.15) is 0 Å². The highest BCUT2D eigenvalue weighted by Crippen LogP contribution is 2.40. The Bertz CT molecular complexity index is 1500. The lowest BCUT2D eigenvalue weighted by atomic mass is 10.2. The van der Waals surface area contributed by atoms with E-state index in [1.807, 2.05) is 36.4 Å². The van der Waals surface area contributed by atoms with Gasteiger partial charge in [0.05, 0.1) is 0 Å². The summed E-state index contributed by atoms with van der Waals surface area (Å²) in [7, 11) is 3.25. The molecule has 6 nitrogen and oxygen atoms in total. The molecule has 34 heavy (non-hydrogen) atoms. The fourth-order valence-electron chi connectivity index (χ4n) is 3.47. The van der Waals surface area contributed by atoms with E-state index in [0.29, 0.717) is 22.9 Å². The van der Waals surface area contributed by atoms with Crippen molar-refractivity contribution in [2.24, 2.45) is 0 Å². The molecule has 166 valence electrons. The van der Waals surface area contributed by atoms with Gasteiger partial charge in [0.1, 0.15) is 22.5 Å². The van der Waals surface area contributed by atoms with Gasteiger partial charge < -0.3 is 19.0 Å². The molecule has 0 saturated heterocycles. The van der Waals surface area contributed by atoms with Crippen molar-refractivity contribution in [3.63, 3.8) is 0 Å². The summed E-state index contributed by atoms with van der Waals surface area (Å²) in [6.45, 7) is 0. The highest BCUT2D eigenvalue weighted by molar-refractivity contribution is 8.76. The fraction of sp³-hybridized carbons (Fsp3) is 0. The van der Waals surface area contributed by atoms with Crippen LogP contribution >= 0.6 is 21.6 Å². The first kappa shape index (κ1) is 20.7. The molecule has 0 atom stereocenters. The summed E-state index contributed by atoms with van der Waals surface area (Å²) in [4.78, 5) is 11.3. The summed E-state index contributed by atoms with van der Waals surface area (Å²) in [6, 6.07) is 25.4. The third-order valence-electron chi connectivity index (χ3n) is 5.18.